The van der Waals surface area contributed by atoms with E-state index >= 15 is 0 Å². The van der Waals surface area contributed by atoms with E-state index in [0.29, 0.717) is 18.0 Å². The van der Waals surface area contributed by atoms with E-state index < -0.39 is 0 Å². The Balaban J connectivity index is 1.55. The van der Waals surface area contributed by atoms with Crippen molar-refractivity contribution >= 4 is 23.2 Å². The number of hydrogen-bond donors (Lipinski definition) is 2. The van der Waals surface area contributed by atoms with E-state index in [1.165, 1.54) is 11.3 Å². The van der Waals surface area contributed by atoms with Gasteiger partial charge in [-0.25, -0.2) is 4.98 Å². The first-order chi connectivity index (χ1) is 11.1. The fourth-order valence-corrected chi connectivity index (χ4v) is 3.23. The van der Waals surface area contributed by atoms with Crippen LogP contribution in [0.5, 0.6) is 0 Å². The number of amides is 2. The number of carbonyl (C=O) groups excluding carboxylic acids is 2. The van der Waals surface area contributed by atoms with Crippen LogP contribution in [0.3, 0.4) is 0 Å². The molecule has 0 saturated heterocycles. The van der Waals surface area contributed by atoms with Gasteiger partial charge in [0.05, 0.1) is 5.69 Å². The predicted octanol–water partition coefficient (Wildman–Crippen LogP) is 2.37. The lowest BCUT2D eigenvalue weighted by Gasteiger charge is -2.05. The summed E-state index contributed by atoms with van der Waals surface area (Å²) in [5, 5.41) is 6.51. The maximum atomic E-state index is 12.2. The summed E-state index contributed by atoms with van der Waals surface area (Å²) in [4.78, 5) is 28.9. The average Bonchev–Trinajstić information content (AvgIpc) is 3.34. The number of nitrogens with one attached hydrogen (secondary N) is 2. The lowest BCUT2D eigenvalue weighted by Crippen LogP contribution is -2.35. The Morgan fingerprint density at radius 2 is 1.87 bits per heavy atom. The normalized spacial score (nSPS) is 13.6. The van der Waals surface area contributed by atoms with Crippen LogP contribution < -0.4 is 10.6 Å². The van der Waals surface area contributed by atoms with Crippen LogP contribution in [-0.4, -0.2) is 29.9 Å². The third kappa shape index (κ3) is 3.96. The van der Waals surface area contributed by atoms with Crippen molar-refractivity contribution < 1.29 is 9.59 Å². The van der Waals surface area contributed by atoms with Crippen molar-refractivity contribution in [3.63, 3.8) is 0 Å². The molecule has 0 atom stereocenters. The molecule has 0 aliphatic heterocycles. The van der Waals surface area contributed by atoms with E-state index in [1.54, 1.807) is 0 Å². The van der Waals surface area contributed by atoms with Crippen LogP contribution in [0.15, 0.2) is 30.3 Å². The molecular weight excluding hydrogens is 310 g/mol. The van der Waals surface area contributed by atoms with Crippen molar-refractivity contribution in [2.24, 2.45) is 5.92 Å². The Morgan fingerprint density at radius 3 is 2.57 bits per heavy atom. The second-order valence-corrected chi connectivity index (χ2v) is 6.62. The fourth-order valence-electron chi connectivity index (χ4n) is 2.24. The fraction of sp³-hybridized carbons (Fsp3) is 0.353. The van der Waals surface area contributed by atoms with Gasteiger partial charge in [-0.15, -0.1) is 11.3 Å². The molecule has 1 heterocycles. The van der Waals surface area contributed by atoms with Crippen molar-refractivity contribution in [2.75, 3.05) is 13.1 Å². The van der Waals surface area contributed by atoms with E-state index in [-0.39, 0.29) is 17.7 Å². The van der Waals surface area contributed by atoms with Crippen molar-refractivity contribution in [3.8, 4) is 10.6 Å². The molecule has 0 spiro atoms. The first kappa shape index (κ1) is 15.7. The molecule has 3 rings (SSSR count). The second-order valence-electron chi connectivity index (χ2n) is 5.62. The first-order valence-electron chi connectivity index (χ1n) is 7.74. The van der Waals surface area contributed by atoms with Crippen molar-refractivity contribution in [3.05, 3.63) is 40.9 Å². The van der Waals surface area contributed by atoms with Crippen molar-refractivity contribution in [1.29, 1.82) is 0 Å². The van der Waals surface area contributed by atoms with E-state index in [0.717, 1.165) is 29.1 Å². The summed E-state index contributed by atoms with van der Waals surface area (Å²) in [6, 6.07) is 9.82. The van der Waals surface area contributed by atoms with Crippen LogP contribution in [-0.2, 0) is 4.79 Å². The summed E-state index contributed by atoms with van der Waals surface area (Å²) in [6.07, 6.45) is 1.97. The summed E-state index contributed by atoms with van der Waals surface area (Å²) in [5.74, 6) is 0.158. The highest BCUT2D eigenvalue weighted by atomic mass is 32.1. The minimum absolute atomic E-state index is 0.0968. The molecule has 1 saturated carbocycles. The van der Waals surface area contributed by atoms with Crippen LogP contribution in [0, 0.1) is 12.8 Å². The zero-order valence-corrected chi connectivity index (χ0v) is 13.8. The van der Waals surface area contributed by atoms with Crippen LogP contribution in [0.2, 0.25) is 0 Å². The average molecular weight is 329 g/mol. The highest BCUT2D eigenvalue weighted by Gasteiger charge is 2.29. The Hall–Kier alpha value is -2.21. The van der Waals surface area contributed by atoms with E-state index in [1.807, 2.05) is 37.3 Å². The summed E-state index contributed by atoms with van der Waals surface area (Å²) in [5.41, 5.74) is 1.74. The van der Waals surface area contributed by atoms with Crippen LogP contribution in [0.1, 0.15) is 28.2 Å². The van der Waals surface area contributed by atoms with Gasteiger partial charge in [0.2, 0.25) is 5.91 Å². The highest BCUT2D eigenvalue weighted by Crippen LogP contribution is 2.29. The molecule has 0 unspecified atom stereocenters. The van der Waals surface area contributed by atoms with Gasteiger partial charge in [-0.3, -0.25) is 9.59 Å². The lowest BCUT2D eigenvalue weighted by molar-refractivity contribution is -0.122. The molecule has 1 aliphatic rings. The van der Waals surface area contributed by atoms with Gasteiger partial charge in [-0.1, -0.05) is 30.3 Å². The minimum atomic E-state index is -0.136. The number of rotatable bonds is 6. The molecular formula is C17H19N3O2S. The summed E-state index contributed by atoms with van der Waals surface area (Å²) in [7, 11) is 0. The number of aryl methyl sites for hydroxylation is 1. The van der Waals surface area contributed by atoms with Gasteiger partial charge < -0.3 is 10.6 Å². The van der Waals surface area contributed by atoms with Crippen LogP contribution >= 0.6 is 11.3 Å². The molecule has 2 aromatic rings. The molecule has 2 amide bonds. The number of benzene rings is 1. The molecule has 0 bridgehead atoms. The smallest absolute Gasteiger partial charge is 0.263 e. The summed E-state index contributed by atoms with van der Waals surface area (Å²) >= 11 is 1.39. The molecule has 1 aliphatic carbocycles. The topological polar surface area (TPSA) is 71.1 Å². The van der Waals surface area contributed by atoms with E-state index in [9.17, 15) is 9.59 Å². The Labute approximate surface area is 139 Å². The third-order valence-corrected chi connectivity index (χ3v) is 4.89. The van der Waals surface area contributed by atoms with Gasteiger partial charge in [-0.05, 0) is 19.8 Å². The molecule has 2 N–H and O–H groups in total. The maximum Gasteiger partial charge on any atom is 0.263 e. The molecule has 5 nitrogen and oxygen atoms in total. The first-order valence-corrected chi connectivity index (χ1v) is 8.55. The molecule has 1 aromatic heterocycles. The Kier molecular flexibility index (Phi) is 4.71. The second kappa shape index (κ2) is 6.91. The number of aromatic nitrogens is 1. The van der Waals surface area contributed by atoms with Crippen molar-refractivity contribution in [2.45, 2.75) is 19.8 Å². The molecule has 23 heavy (non-hydrogen) atoms. The minimum Gasteiger partial charge on any atom is -0.354 e. The van der Waals surface area contributed by atoms with E-state index in [2.05, 4.69) is 15.6 Å². The van der Waals surface area contributed by atoms with Crippen LogP contribution in [0.25, 0.3) is 10.6 Å². The maximum absolute atomic E-state index is 12.2. The zero-order chi connectivity index (χ0) is 16.2. The Morgan fingerprint density at radius 1 is 1.17 bits per heavy atom. The highest BCUT2D eigenvalue weighted by molar-refractivity contribution is 7.17. The van der Waals surface area contributed by atoms with Crippen molar-refractivity contribution in [1.82, 2.24) is 15.6 Å². The summed E-state index contributed by atoms with van der Waals surface area (Å²) < 4.78 is 0. The zero-order valence-electron chi connectivity index (χ0n) is 13.0. The van der Waals surface area contributed by atoms with Crippen LogP contribution in [0.4, 0.5) is 0 Å². The standard InChI is InChI=1S/C17H19N3O2S/c1-11-14(23-17(20-11)13-5-3-2-4-6-13)16(22)19-10-9-18-15(21)12-7-8-12/h2-6,12H,7-10H2,1H3,(H,18,21)(H,19,22). The summed E-state index contributed by atoms with van der Waals surface area (Å²) in [6.45, 7) is 2.73. The van der Waals surface area contributed by atoms with Gasteiger partial charge in [0.15, 0.2) is 0 Å². The van der Waals surface area contributed by atoms with Gasteiger partial charge >= 0.3 is 0 Å². The predicted molar refractivity (Wildman–Crippen MR) is 90.4 cm³/mol. The van der Waals surface area contributed by atoms with Gasteiger partial charge in [0.1, 0.15) is 9.88 Å². The lowest BCUT2D eigenvalue weighted by atomic mass is 10.2. The number of carbonyl (C=O) groups is 2. The number of hydrogen-bond acceptors (Lipinski definition) is 4. The SMILES string of the molecule is Cc1nc(-c2ccccc2)sc1C(=O)NCCNC(=O)C1CC1. The van der Waals surface area contributed by atoms with Gasteiger partial charge in [0.25, 0.3) is 5.91 Å². The quantitative estimate of drug-likeness (QED) is 0.799. The monoisotopic (exact) mass is 329 g/mol. The van der Waals surface area contributed by atoms with E-state index in [4.69, 9.17) is 0 Å². The number of thiazole rings is 1. The molecule has 1 aromatic carbocycles. The Bertz CT molecular complexity index is 708. The molecule has 1 fully saturated rings. The third-order valence-electron chi connectivity index (χ3n) is 3.68. The van der Waals surface area contributed by atoms with Gasteiger partial charge in [-0.2, -0.15) is 0 Å². The largest absolute Gasteiger partial charge is 0.354 e. The number of nitrogens with zero attached hydrogens (tertiary/aromatic N) is 1. The molecule has 120 valence electrons. The molecule has 0 radical (unpaired) electrons. The molecule has 6 heteroatoms. The van der Waals surface area contributed by atoms with Gasteiger partial charge in [0, 0.05) is 24.6 Å².